The highest BCUT2D eigenvalue weighted by Crippen LogP contribution is 2.25. The first-order valence-corrected chi connectivity index (χ1v) is 14.0. The number of fused-ring (bicyclic) bond motifs is 7. The van der Waals surface area contributed by atoms with Gasteiger partial charge in [0.05, 0.1) is 17.2 Å². The van der Waals surface area contributed by atoms with Gasteiger partial charge in [0, 0.05) is 56.4 Å². The van der Waals surface area contributed by atoms with Gasteiger partial charge in [-0.1, -0.05) is 24.3 Å². The molecule has 3 aliphatic heterocycles. The third kappa shape index (κ3) is 6.61. The van der Waals surface area contributed by atoms with Gasteiger partial charge < -0.3 is 25.0 Å². The monoisotopic (exact) mass is 578 g/mol. The number of hydrogen-bond acceptors (Lipinski definition) is 8. The molecule has 0 saturated carbocycles. The van der Waals surface area contributed by atoms with Crippen molar-refractivity contribution in [2.75, 3.05) is 19.7 Å². The Hall–Kier alpha value is -5.32. The minimum Gasteiger partial charge on any atom is -0.488 e. The molecule has 11 heteroatoms. The molecule has 43 heavy (non-hydrogen) atoms. The second-order valence-corrected chi connectivity index (χ2v) is 10.5. The number of pyridine rings is 1. The van der Waals surface area contributed by atoms with Gasteiger partial charge in [0.2, 0.25) is 0 Å². The number of carbonyl (C=O) groups is 3. The normalized spacial score (nSPS) is 18.8. The van der Waals surface area contributed by atoms with E-state index in [9.17, 15) is 14.4 Å². The maximum Gasteiger partial charge on any atom is 0.258 e. The number of ether oxygens (including phenoxy) is 2. The highest BCUT2D eigenvalue weighted by atomic mass is 16.5. The summed E-state index contributed by atoms with van der Waals surface area (Å²) in [5.41, 5.74) is 3.13. The van der Waals surface area contributed by atoms with E-state index in [2.05, 4.69) is 25.6 Å². The molecule has 2 aromatic heterocycles. The van der Waals surface area contributed by atoms with Gasteiger partial charge in [-0.25, -0.2) is 9.97 Å². The van der Waals surface area contributed by atoms with E-state index in [0.717, 1.165) is 11.1 Å². The average molecular weight is 579 g/mol. The van der Waals surface area contributed by atoms with Crippen molar-refractivity contribution in [1.29, 1.82) is 0 Å². The number of hydrogen-bond donors (Lipinski definition) is 2. The number of nitrogens with one attached hydrogen (secondary N) is 2. The van der Waals surface area contributed by atoms with E-state index in [0.29, 0.717) is 53.5 Å². The van der Waals surface area contributed by atoms with Crippen molar-refractivity contribution in [3.05, 3.63) is 102 Å². The third-order valence-corrected chi connectivity index (χ3v) is 7.42. The molecule has 3 aliphatic rings. The smallest absolute Gasteiger partial charge is 0.258 e. The molecule has 218 valence electrons. The Bertz CT molecular complexity index is 1640. The molecule has 0 unspecified atom stereocenters. The van der Waals surface area contributed by atoms with Crippen LogP contribution in [0.3, 0.4) is 0 Å². The molecule has 0 spiro atoms. The van der Waals surface area contributed by atoms with Crippen molar-refractivity contribution in [2.45, 2.75) is 32.0 Å². The summed E-state index contributed by atoms with van der Waals surface area (Å²) >= 11 is 0. The molecule has 1 fully saturated rings. The maximum absolute atomic E-state index is 13.6. The fourth-order valence-electron chi connectivity index (χ4n) is 5.08. The molecule has 2 N–H and O–H groups in total. The number of piperidine rings is 1. The number of rotatable bonds is 1. The maximum atomic E-state index is 13.6. The minimum atomic E-state index is -0.512. The molecule has 4 aromatic rings. The SMILES string of the molecule is Cc1ncc(C(=O)N2CC[C@@H]3Oc4ccc(cc4)CNC(=O)COc4cccc(c4)-c4cncc(c4)C(=O)N[C@@H]3C2)cn1. The van der Waals surface area contributed by atoms with E-state index in [1.807, 2.05) is 36.4 Å². The third-order valence-electron chi connectivity index (χ3n) is 7.42. The van der Waals surface area contributed by atoms with Crippen molar-refractivity contribution in [3.8, 4) is 22.6 Å². The predicted molar refractivity (Wildman–Crippen MR) is 156 cm³/mol. The first-order valence-electron chi connectivity index (χ1n) is 14.0. The van der Waals surface area contributed by atoms with Gasteiger partial charge in [-0.05, 0) is 48.4 Å². The summed E-state index contributed by atoms with van der Waals surface area (Å²) in [7, 11) is 0. The Kier molecular flexibility index (Phi) is 7.94. The molecule has 2 aromatic carbocycles. The van der Waals surface area contributed by atoms with Gasteiger partial charge in [0.15, 0.2) is 6.61 Å². The summed E-state index contributed by atoms with van der Waals surface area (Å²) in [6, 6.07) is 15.9. The lowest BCUT2D eigenvalue weighted by Crippen LogP contribution is -2.58. The van der Waals surface area contributed by atoms with Crippen molar-refractivity contribution >= 4 is 17.7 Å². The van der Waals surface area contributed by atoms with E-state index in [1.165, 1.54) is 18.6 Å². The first kappa shape index (κ1) is 27.8. The summed E-state index contributed by atoms with van der Waals surface area (Å²) in [5.74, 6) is 0.917. The number of nitrogens with zero attached hydrogens (tertiary/aromatic N) is 4. The Balaban J connectivity index is 1.30. The van der Waals surface area contributed by atoms with Gasteiger partial charge >= 0.3 is 0 Å². The molecular formula is C32H30N6O5. The fourth-order valence-corrected chi connectivity index (χ4v) is 5.08. The minimum absolute atomic E-state index is 0.134. The second-order valence-electron chi connectivity index (χ2n) is 10.5. The largest absolute Gasteiger partial charge is 0.488 e. The number of benzene rings is 2. The molecule has 11 nitrogen and oxygen atoms in total. The van der Waals surface area contributed by atoms with Crippen molar-refractivity contribution in [1.82, 2.24) is 30.5 Å². The number of amides is 3. The van der Waals surface area contributed by atoms with E-state index < -0.39 is 12.1 Å². The quantitative estimate of drug-likeness (QED) is 0.352. The van der Waals surface area contributed by atoms with Crippen LogP contribution in [0.2, 0.25) is 0 Å². The molecule has 1 saturated heterocycles. The predicted octanol–water partition coefficient (Wildman–Crippen LogP) is 2.95. The van der Waals surface area contributed by atoms with E-state index in [-0.39, 0.29) is 30.9 Å². The van der Waals surface area contributed by atoms with Crippen LogP contribution in [0.5, 0.6) is 11.5 Å². The van der Waals surface area contributed by atoms with Gasteiger partial charge in [0.1, 0.15) is 23.4 Å². The van der Waals surface area contributed by atoms with Crippen molar-refractivity contribution in [3.63, 3.8) is 0 Å². The number of likely N-dealkylation sites (tertiary alicyclic amines) is 1. The Morgan fingerprint density at radius 3 is 2.53 bits per heavy atom. The van der Waals surface area contributed by atoms with Gasteiger partial charge in [0.25, 0.3) is 17.7 Å². The lowest BCUT2D eigenvalue weighted by molar-refractivity contribution is -0.123. The van der Waals surface area contributed by atoms with Crippen molar-refractivity contribution in [2.24, 2.45) is 0 Å². The molecule has 0 radical (unpaired) electrons. The Morgan fingerprint density at radius 2 is 1.72 bits per heavy atom. The Labute approximate surface area is 248 Å². The average Bonchev–Trinajstić information content (AvgIpc) is 3.04. The van der Waals surface area contributed by atoms with Crippen molar-refractivity contribution < 1.29 is 23.9 Å². The number of carbonyl (C=O) groups excluding carboxylic acids is 3. The summed E-state index contributed by atoms with van der Waals surface area (Å²) in [5, 5.41) is 5.96. The van der Waals surface area contributed by atoms with Crippen LogP contribution in [0.15, 0.2) is 79.4 Å². The van der Waals surface area contributed by atoms with Crippen LogP contribution < -0.4 is 20.1 Å². The first-order chi connectivity index (χ1) is 20.9. The lowest BCUT2D eigenvalue weighted by Gasteiger charge is -2.38. The Morgan fingerprint density at radius 1 is 0.930 bits per heavy atom. The highest BCUT2D eigenvalue weighted by molar-refractivity contribution is 5.96. The van der Waals surface area contributed by atoms with Crippen LogP contribution >= 0.6 is 0 Å². The summed E-state index contributed by atoms with van der Waals surface area (Å²) in [6.45, 7) is 2.63. The van der Waals surface area contributed by atoms with Crippen LogP contribution in [0.4, 0.5) is 0 Å². The highest BCUT2D eigenvalue weighted by Gasteiger charge is 2.35. The zero-order chi connectivity index (χ0) is 29.8. The van der Waals surface area contributed by atoms with E-state index >= 15 is 0 Å². The second kappa shape index (κ2) is 12.3. The van der Waals surface area contributed by atoms with Gasteiger partial charge in [-0.3, -0.25) is 19.4 Å². The van der Waals surface area contributed by atoms with E-state index in [4.69, 9.17) is 9.47 Å². The number of aromatic nitrogens is 3. The topological polar surface area (TPSA) is 136 Å². The van der Waals surface area contributed by atoms with Crippen LogP contribution in [0.1, 0.15) is 38.5 Å². The summed E-state index contributed by atoms with van der Waals surface area (Å²) in [4.78, 5) is 53.6. The lowest BCUT2D eigenvalue weighted by atomic mass is 10.00. The molecule has 7 rings (SSSR count). The zero-order valence-electron chi connectivity index (χ0n) is 23.5. The molecular weight excluding hydrogens is 548 g/mol. The zero-order valence-corrected chi connectivity index (χ0v) is 23.5. The fraction of sp³-hybridized carbons (Fsp3) is 0.250. The molecule has 2 atom stereocenters. The standard InChI is InChI=1S/C32H30N6O5/c1-20-34-16-25(17-35-20)32(41)38-10-9-29-28(18-38)37-31(40)24-11-23(14-33-15-24)22-3-2-4-27(12-22)42-19-30(39)36-13-21-5-7-26(43-29)8-6-21/h2-8,11-12,14-17,28-29H,9-10,13,18-19H2,1H3,(H,36,39)(H,37,40)/t28-,29+/m1/s1. The molecule has 0 aliphatic carbocycles. The summed E-state index contributed by atoms with van der Waals surface area (Å²) in [6.07, 6.45) is 6.28. The van der Waals surface area contributed by atoms with Gasteiger partial charge in [-0.2, -0.15) is 0 Å². The molecule has 5 heterocycles. The summed E-state index contributed by atoms with van der Waals surface area (Å²) < 4.78 is 12.1. The molecule has 6 bridgehead atoms. The number of aryl methyl sites for hydroxylation is 1. The van der Waals surface area contributed by atoms with Crippen LogP contribution in [-0.4, -0.2) is 69.4 Å². The molecule has 3 amide bonds. The van der Waals surface area contributed by atoms with Crippen LogP contribution in [0, 0.1) is 6.92 Å². The van der Waals surface area contributed by atoms with E-state index in [1.54, 1.807) is 36.2 Å². The van der Waals surface area contributed by atoms with Crippen LogP contribution in [0.25, 0.3) is 11.1 Å². The van der Waals surface area contributed by atoms with Crippen LogP contribution in [-0.2, 0) is 11.3 Å². The van der Waals surface area contributed by atoms with Gasteiger partial charge in [-0.15, -0.1) is 0 Å².